The molecule has 0 radical (unpaired) electrons. The molecule has 0 unspecified atom stereocenters. The molecule has 0 atom stereocenters. The van der Waals surface area contributed by atoms with Crippen molar-refractivity contribution in [2.24, 2.45) is 0 Å². The molecule has 2 aromatic rings. The minimum absolute atomic E-state index is 0.0689. The Balaban J connectivity index is 1.98. The third-order valence-electron chi connectivity index (χ3n) is 3.38. The molecule has 1 heterocycles. The lowest BCUT2D eigenvalue weighted by Crippen LogP contribution is -2.06. The van der Waals surface area contributed by atoms with Crippen LogP contribution in [0.1, 0.15) is 17.5 Å². The van der Waals surface area contributed by atoms with E-state index in [-0.39, 0.29) is 18.3 Å². The van der Waals surface area contributed by atoms with Crippen LogP contribution in [0.15, 0.2) is 48.5 Å². The lowest BCUT2D eigenvalue weighted by molar-refractivity contribution is -0.142. The van der Waals surface area contributed by atoms with Gasteiger partial charge in [-0.05, 0) is 47.9 Å². The molecule has 0 saturated heterocycles. The number of ether oxygens (including phenoxy) is 2. The molecule has 2 aromatic carbocycles. The Bertz CT molecular complexity index is 719. The van der Waals surface area contributed by atoms with Gasteiger partial charge in [0.1, 0.15) is 12.4 Å². The number of hydrogen-bond donors (Lipinski definition) is 1. The fourth-order valence-corrected chi connectivity index (χ4v) is 2.25. The van der Waals surface area contributed by atoms with Crippen molar-refractivity contribution in [3.8, 4) is 17.2 Å². The zero-order chi connectivity index (χ0) is 15.4. The molecule has 0 saturated carbocycles. The SMILES string of the molecule is O=C1CCc2ccc(O)c(c2)Oc2cccc(c2)C=CCO1. The molecule has 112 valence electrons. The topological polar surface area (TPSA) is 55.8 Å². The van der Waals surface area contributed by atoms with E-state index in [4.69, 9.17) is 9.47 Å². The third-order valence-corrected chi connectivity index (χ3v) is 3.38. The van der Waals surface area contributed by atoms with E-state index in [1.807, 2.05) is 30.3 Å². The number of esters is 1. The number of fused-ring (bicyclic) bond motifs is 4. The van der Waals surface area contributed by atoms with Crippen LogP contribution < -0.4 is 4.74 Å². The van der Waals surface area contributed by atoms with E-state index in [0.717, 1.165) is 11.1 Å². The van der Waals surface area contributed by atoms with E-state index in [0.29, 0.717) is 24.3 Å². The number of phenolic OH excluding ortho intramolecular Hbond substituents is 1. The standard InChI is InChI=1S/C18H16O4/c19-16-8-6-14-7-9-18(20)21-10-2-4-13-3-1-5-15(11-13)22-17(16)12-14/h1-6,8,11-12,19H,7,9-10H2. The lowest BCUT2D eigenvalue weighted by atomic mass is 10.1. The Hall–Kier alpha value is -2.75. The fraction of sp³-hybridized carbons (Fsp3) is 0.167. The molecule has 4 heteroatoms. The lowest BCUT2D eigenvalue weighted by Gasteiger charge is -2.11. The van der Waals surface area contributed by atoms with Gasteiger partial charge in [0.2, 0.25) is 0 Å². The largest absolute Gasteiger partial charge is 0.504 e. The smallest absolute Gasteiger partial charge is 0.306 e. The van der Waals surface area contributed by atoms with Gasteiger partial charge in [-0.3, -0.25) is 4.79 Å². The first-order valence-electron chi connectivity index (χ1n) is 7.13. The first-order valence-corrected chi connectivity index (χ1v) is 7.13. The number of hydrogen-bond acceptors (Lipinski definition) is 4. The van der Waals surface area contributed by atoms with Gasteiger partial charge in [0, 0.05) is 6.42 Å². The summed E-state index contributed by atoms with van der Waals surface area (Å²) >= 11 is 0. The Kier molecular flexibility index (Phi) is 4.10. The number of benzene rings is 2. The van der Waals surface area contributed by atoms with Gasteiger partial charge in [-0.1, -0.05) is 24.3 Å². The highest BCUT2D eigenvalue weighted by Gasteiger charge is 2.09. The first-order chi connectivity index (χ1) is 10.7. The summed E-state index contributed by atoms with van der Waals surface area (Å²) < 4.78 is 10.9. The maximum absolute atomic E-state index is 11.7. The van der Waals surface area contributed by atoms with Gasteiger partial charge in [-0.15, -0.1) is 0 Å². The van der Waals surface area contributed by atoms with Crippen LogP contribution in [0.4, 0.5) is 0 Å². The summed E-state index contributed by atoms with van der Waals surface area (Å²) in [5.41, 5.74) is 1.84. The Morgan fingerprint density at radius 3 is 2.86 bits per heavy atom. The van der Waals surface area contributed by atoms with E-state index >= 15 is 0 Å². The summed E-state index contributed by atoms with van der Waals surface area (Å²) in [6.45, 7) is 0.255. The molecular formula is C18H16O4. The predicted molar refractivity (Wildman–Crippen MR) is 82.9 cm³/mol. The molecule has 1 aliphatic heterocycles. The predicted octanol–water partition coefficient (Wildman–Crippen LogP) is 3.69. The van der Waals surface area contributed by atoms with Gasteiger partial charge in [0.25, 0.3) is 0 Å². The average Bonchev–Trinajstić information content (AvgIpc) is 2.52. The van der Waals surface area contributed by atoms with Crippen molar-refractivity contribution in [3.63, 3.8) is 0 Å². The van der Waals surface area contributed by atoms with Crippen LogP contribution in [-0.2, 0) is 16.0 Å². The summed E-state index contributed by atoms with van der Waals surface area (Å²) in [6.07, 6.45) is 4.49. The molecule has 1 aliphatic rings. The number of aryl methyl sites for hydroxylation is 1. The van der Waals surface area contributed by atoms with Crippen molar-refractivity contribution in [2.75, 3.05) is 6.61 Å². The molecule has 3 rings (SSSR count). The second kappa shape index (κ2) is 6.35. The molecule has 0 aliphatic carbocycles. The minimum Gasteiger partial charge on any atom is -0.504 e. The van der Waals surface area contributed by atoms with Gasteiger partial charge < -0.3 is 14.6 Å². The molecule has 22 heavy (non-hydrogen) atoms. The molecule has 0 fully saturated rings. The summed E-state index contributed by atoms with van der Waals surface area (Å²) in [7, 11) is 0. The van der Waals surface area contributed by atoms with E-state index in [2.05, 4.69) is 0 Å². The van der Waals surface area contributed by atoms with Crippen molar-refractivity contribution >= 4 is 12.0 Å². The number of aromatic hydroxyl groups is 1. The van der Waals surface area contributed by atoms with Crippen LogP contribution in [0.5, 0.6) is 17.2 Å². The maximum Gasteiger partial charge on any atom is 0.306 e. The number of carbonyl (C=O) groups excluding carboxylic acids is 1. The zero-order valence-corrected chi connectivity index (χ0v) is 12.0. The summed E-state index contributed by atoms with van der Waals surface area (Å²) in [5.74, 6) is 0.845. The highest BCUT2D eigenvalue weighted by Crippen LogP contribution is 2.32. The van der Waals surface area contributed by atoms with Crippen LogP contribution in [0.3, 0.4) is 0 Å². The second-order valence-corrected chi connectivity index (χ2v) is 5.06. The van der Waals surface area contributed by atoms with Gasteiger partial charge in [-0.2, -0.15) is 0 Å². The summed E-state index contributed by atoms with van der Waals surface area (Å²) in [6, 6.07) is 12.6. The van der Waals surface area contributed by atoms with Gasteiger partial charge >= 0.3 is 5.97 Å². The molecule has 4 nitrogen and oxygen atoms in total. The summed E-state index contributed by atoms with van der Waals surface area (Å²) in [5, 5.41) is 9.93. The Morgan fingerprint density at radius 1 is 1.05 bits per heavy atom. The number of rotatable bonds is 0. The van der Waals surface area contributed by atoms with E-state index < -0.39 is 0 Å². The maximum atomic E-state index is 11.7. The van der Waals surface area contributed by atoms with Crippen molar-refractivity contribution in [3.05, 3.63) is 59.7 Å². The number of phenols is 1. The van der Waals surface area contributed by atoms with Crippen LogP contribution in [-0.4, -0.2) is 17.7 Å². The number of carbonyl (C=O) groups is 1. The second-order valence-electron chi connectivity index (χ2n) is 5.06. The first kappa shape index (κ1) is 14.2. The Labute approximate surface area is 128 Å². The molecule has 0 spiro atoms. The van der Waals surface area contributed by atoms with E-state index in [1.54, 1.807) is 24.3 Å². The van der Waals surface area contributed by atoms with Crippen molar-refractivity contribution < 1.29 is 19.4 Å². The summed E-state index contributed by atoms with van der Waals surface area (Å²) in [4.78, 5) is 11.7. The highest BCUT2D eigenvalue weighted by molar-refractivity contribution is 5.70. The molecular weight excluding hydrogens is 280 g/mol. The molecule has 4 bridgehead atoms. The van der Waals surface area contributed by atoms with Crippen LogP contribution in [0, 0.1) is 0 Å². The van der Waals surface area contributed by atoms with Gasteiger partial charge in [0.15, 0.2) is 11.5 Å². The molecule has 0 amide bonds. The normalized spacial score (nSPS) is 14.6. The van der Waals surface area contributed by atoms with Crippen LogP contribution >= 0.6 is 0 Å². The average molecular weight is 296 g/mol. The monoisotopic (exact) mass is 296 g/mol. The molecule has 1 N–H and O–H groups in total. The van der Waals surface area contributed by atoms with Crippen molar-refractivity contribution in [1.82, 2.24) is 0 Å². The zero-order valence-electron chi connectivity index (χ0n) is 12.0. The Morgan fingerprint density at radius 2 is 1.95 bits per heavy atom. The highest BCUT2D eigenvalue weighted by atomic mass is 16.5. The fourth-order valence-electron chi connectivity index (χ4n) is 2.25. The van der Waals surface area contributed by atoms with E-state index in [1.165, 1.54) is 0 Å². The van der Waals surface area contributed by atoms with Crippen molar-refractivity contribution in [1.29, 1.82) is 0 Å². The quantitative estimate of drug-likeness (QED) is 0.753. The van der Waals surface area contributed by atoms with Crippen LogP contribution in [0.25, 0.3) is 6.08 Å². The van der Waals surface area contributed by atoms with Crippen molar-refractivity contribution in [2.45, 2.75) is 12.8 Å². The van der Waals surface area contributed by atoms with E-state index in [9.17, 15) is 9.90 Å². The number of cyclic esters (lactones) is 1. The minimum atomic E-state index is -0.244. The third kappa shape index (κ3) is 3.47. The van der Waals surface area contributed by atoms with Gasteiger partial charge in [0.05, 0.1) is 0 Å². The molecule has 0 aromatic heterocycles. The van der Waals surface area contributed by atoms with Gasteiger partial charge in [-0.25, -0.2) is 0 Å². The van der Waals surface area contributed by atoms with Crippen LogP contribution in [0.2, 0.25) is 0 Å².